The third-order valence-electron chi connectivity index (χ3n) is 3.85. The van der Waals surface area contributed by atoms with Crippen LogP contribution in [-0.2, 0) is 0 Å². The lowest BCUT2D eigenvalue weighted by Gasteiger charge is -2.07. The minimum atomic E-state index is 0.312. The van der Waals surface area contributed by atoms with Crippen LogP contribution in [0.25, 0.3) is 28.3 Å². The van der Waals surface area contributed by atoms with E-state index in [1.807, 2.05) is 77.3 Å². The molecular formula is C19H14N4S. The summed E-state index contributed by atoms with van der Waals surface area (Å²) in [7, 11) is 0. The molecule has 0 aliphatic heterocycles. The van der Waals surface area contributed by atoms with E-state index in [0.29, 0.717) is 16.5 Å². The molecule has 0 bridgehead atoms. The van der Waals surface area contributed by atoms with Crippen molar-refractivity contribution in [3.8, 4) is 22.6 Å². The first-order valence-electron chi connectivity index (χ1n) is 7.54. The highest BCUT2D eigenvalue weighted by Gasteiger charge is 2.15. The Labute approximate surface area is 144 Å². The Hall–Kier alpha value is -3.05. The van der Waals surface area contributed by atoms with Crippen LogP contribution in [0, 0.1) is 0 Å². The number of nitrogens with two attached hydrogens (primary N) is 1. The fraction of sp³-hybridized carbons (Fsp3) is 0. The number of pyridine rings is 1. The average Bonchev–Trinajstić information content (AvgIpc) is 3.07. The van der Waals surface area contributed by atoms with Crippen molar-refractivity contribution in [3.63, 3.8) is 0 Å². The molecular weight excluding hydrogens is 316 g/mol. The van der Waals surface area contributed by atoms with E-state index in [4.69, 9.17) is 23.1 Å². The molecule has 2 aromatic heterocycles. The van der Waals surface area contributed by atoms with E-state index < -0.39 is 0 Å². The molecule has 2 aromatic carbocycles. The predicted octanol–water partition coefficient (Wildman–Crippen LogP) is 3.70. The van der Waals surface area contributed by atoms with E-state index in [2.05, 4.69) is 4.98 Å². The summed E-state index contributed by atoms with van der Waals surface area (Å²) < 4.78 is 1.81. The zero-order valence-corrected chi connectivity index (χ0v) is 13.6. The zero-order valence-electron chi connectivity index (χ0n) is 12.8. The molecule has 4 nitrogen and oxygen atoms in total. The highest BCUT2D eigenvalue weighted by atomic mass is 32.1. The molecule has 2 N–H and O–H groups in total. The average molecular weight is 330 g/mol. The molecule has 116 valence electrons. The third kappa shape index (κ3) is 2.45. The van der Waals surface area contributed by atoms with Crippen LogP contribution in [-0.4, -0.2) is 19.6 Å². The molecule has 24 heavy (non-hydrogen) atoms. The quantitative estimate of drug-likeness (QED) is 0.582. The Morgan fingerprint density at radius 3 is 2.08 bits per heavy atom. The number of nitrogens with zero attached hydrogens (tertiary/aromatic N) is 3. The maximum absolute atomic E-state index is 5.87. The van der Waals surface area contributed by atoms with Gasteiger partial charge in [-0.1, -0.05) is 72.9 Å². The summed E-state index contributed by atoms with van der Waals surface area (Å²) >= 11 is 5.17. The van der Waals surface area contributed by atoms with Crippen LogP contribution in [0.15, 0.2) is 72.8 Å². The lowest BCUT2D eigenvalue weighted by molar-refractivity contribution is 0.973. The first-order valence-corrected chi connectivity index (χ1v) is 7.95. The summed E-state index contributed by atoms with van der Waals surface area (Å²) in [6, 6.07) is 23.8. The van der Waals surface area contributed by atoms with E-state index in [0.717, 1.165) is 22.4 Å². The molecule has 0 aliphatic rings. The van der Waals surface area contributed by atoms with Gasteiger partial charge in [0.05, 0.1) is 11.3 Å². The van der Waals surface area contributed by atoms with Crippen molar-refractivity contribution in [1.82, 2.24) is 14.6 Å². The van der Waals surface area contributed by atoms with Crippen molar-refractivity contribution in [2.75, 3.05) is 0 Å². The van der Waals surface area contributed by atoms with Gasteiger partial charge in [-0.15, -0.1) is 5.10 Å². The van der Waals surface area contributed by atoms with Crippen LogP contribution in [0.1, 0.15) is 5.56 Å². The smallest absolute Gasteiger partial charge is 0.182 e. The Kier molecular flexibility index (Phi) is 3.55. The van der Waals surface area contributed by atoms with Crippen LogP contribution in [0.4, 0.5) is 0 Å². The standard InChI is InChI=1S/C19H14N4S/c20-17(24)15-11-12-16(13-7-3-1-4-8-13)23-19(15)21-18(22-23)14-9-5-2-6-10-14/h1-12H,(H2,20,24). The lowest BCUT2D eigenvalue weighted by Crippen LogP contribution is -2.12. The maximum Gasteiger partial charge on any atom is 0.182 e. The van der Waals surface area contributed by atoms with Crippen molar-refractivity contribution in [2.45, 2.75) is 0 Å². The molecule has 0 saturated heterocycles. The SMILES string of the molecule is NC(=S)c1ccc(-c2ccccc2)n2nc(-c3ccccc3)nc12. The van der Waals surface area contributed by atoms with E-state index >= 15 is 0 Å². The number of thiocarbonyl (C=S) groups is 1. The van der Waals surface area contributed by atoms with Gasteiger partial charge in [-0.25, -0.2) is 9.50 Å². The highest BCUT2D eigenvalue weighted by Crippen LogP contribution is 2.24. The van der Waals surface area contributed by atoms with Crippen molar-refractivity contribution in [2.24, 2.45) is 5.73 Å². The number of benzene rings is 2. The molecule has 0 spiro atoms. The lowest BCUT2D eigenvalue weighted by atomic mass is 10.1. The number of hydrogen-bond acceptors (Lipinski definition) is 3. The molecule has 5 heteroatoms. The number of aromatic nitrogens is 3. The summed E-state index contributed by atoms with van der Waals surface area (Å²) in [4.78, 5) is 4.99. The fourth-order valence-electron chi connectivity index (χ4n) is 2.69. The van der Waals surface area contributed by atoms with Gasteiger partial charge < -0.3 is 5.73 Å². The van der Waals surface area contributed by atoms with Crippen LogP contribution < -0.4 is 5.73 Å². The van der Waals surface area contributed by atoms with Crippen LogP contribution in [0.5, 0.6) is 0 Å². The Balaban J connectivity index is 2.01. The van der Waals surface area contributed by atoms with Crippen molar-refractivity contribution < 1.29 is 0 Å². The molecule has 0 saturated carbocycles. The summed E-state index contributed by atoms with van der Waals surface area (Å²) in [5.41, 5.74) is 10.2. The Morgan fingerprint density at radius 2 is 1.46 bits per heavy atom. The normalized spacial score (nSPS) is 10.8. The number of fused-ring (bicyclic) bond motifs is 1. The van der Waals surface area contributed by atoms with Gasteiger partial charge in [-0.05, 0) is 12.1 Å². The monoisotopic (exact) mass is 330 g/mol. The van der Waals surface area contributed by atoms with Gasteiger partial charge in [0.2, 0.25) is 0 Å². The number of hydrogen-bond donors (Lipinski definition) is 1. The molecule has 0 amide bonds. The predicted molar refractivity (Wildman–Crippen MR) is 99.7 cm³/mol. The van der Waals surface area contributed by atoms with Gasteiger partial charge >= 0.3 is 0 Å². The minimum absolute atomic E-state index is 0.312. The van der Waals surface area contributed by atoms with Crippen LogP contribution in [0.2, 0.25) is 0 Å². The van der Waals surface area contributed by atoms with Gasteiger partial charge in [-0.2, -0.15) is 0 Å². The molecule has 0 radical (unpaired) electrons. The van der Waals surface area contributed by atoms with Gasteiger partial charge in [0.25, 0.3) is 0 Å². The van der Waals surface area contributed by atoms with Crippen molar-refractivity contribution >= 4 is 22.9 Å². The summed E-state index contributed by atoms with van der Waals surface area (Å²) in [5, 5.41) is 4.69. The molecule has 0 unspecified atom stereocenters. The Morgan fingerprint density at radius 1 is 0.833 bits per heavy atom. The second kappa shape index (κ2) is 5.86. The van der Waals surface area contributed by atoms with Crippen LogP contribution >= 0.6 is 12.2 Å². The molecule has 0 atom stereocenters. The second-order valence-electron chi connectivity index (χ2n) is 5.40. The summed E-state index contributed by atoms with van der Waals surface area (Å²) in [6.45, 7) is 0. The zero-order chi connectivity index (χ0) is 16.5. The van der Waals surface area contributed by atoms with Gasteiger partial charge in [-0.3, -0.25) is 0 Å². The summed E-state index contributed by atoms with van der Waals surface area (Å²) in [5.74, 6) is 0.650. The first kappa shape index (κ1) is 14.5. The second-order valence-corrected chi connectivity index (χ2v) is 5.84. The Bertz CT molecular complexity index is 1020. The van der Waals surface area contributed by atoms with Crippen molar-refractivity contribution in [1.29, 1.82) is 0 Å². The molecule has 4 aromatic rings. The van der Waals surface area contributed by atoms with Gasteiger partial charge in [0.1, 0.15) is 4.99 Å². The molecule has 2 heterocycles. The molecule has 4 rings (SSSR count). The van der Waals surface area contributed by atoms with E-state index in [9.17, 15) is 0 Å². The van der Waals surface area contributed by atoms with Gasteiger partial charge in [0, 0.05) is 11.1 Å². The highest BCUT2D eigenvalue weighted by molar-refractivity contribution is 7.80. The first-order chi connectivity index (χ1) is 11.7. The summed E-state index contributed by atoms with van der Waals surface area (Å²) in [6.07, 6.45) is 0. The van der Waals surface area contributed by atoms with E-state index in [-0.39, 0.29) is 0 Å². The third-order valence-corrected chi connectivity index (χ3v) is 4.07. The molecule has 0 fully saturated rings. The van der Waals surface area contributed by atoms with E-state index in [1.54, 1.807) is 0 Å². The minimum Gasteiger partial charge on any atom is -0.389 e. The fourth-order valence-corrected chi connectivity index (χ4v) is 2.85. The topological polar surface area (TPSA) is 56.2 Å². The maximum atomic E-state index is 5.87. The van der Waals surface area contributed by atoms with Crippen LogP contribution in [0.3, 0.4) is 0 Å². The van der Waals surface area contributed by atoms with Crippen molar-refractivity contribution in [3.05, 3.63) is 78.4 Å². The van der Waals surface area contributed by atoms with E-state index in [1.165, 1.54) is 0 Å². The number of rotatable bonds is 3. The largest absolute Gasteiger partial charge is 0.389 e. The molecule has 0 aliphatic carbocycles. The van der Waals surface area contributed by atoms with Gasteiger partial charge in [0.15, 0.2) is 11.5 Å².